The highest BCUT2D eigenvalue weighted by atomic mass is 16.6. The molecule has 0 aliphatic carbocycles. The van der Waals surface area contributed by atoms with Crippen LogP contribution in [-0.4, -0.2) is 36.2 Å². The maximum absolute atomic E-state index is 13.0. The lowest BCUT2D eigenvalue weighted by molar-refractivity contribution is -0.170. The average molecular weight is 495 g/mol. The largest absolute Gasteiger partial charge is 0.476 e. The first-order valence-electron chi connectivity index (χ1n) is 13.0. The molecule has 3 rings (SSSR count). The number of esters is 1. The zero-order valence-corrected chi connectivity index (χ0v) is 22.9. The number of rotatable bonds is 8. The van der Waals surface area contributed by atoms with E-state index in [2.05, 4.69) is 48.3 Å². The monoisotopic (exact) mass is 494 g/mol. The van der Waals surface area contributed by atoms with Gasteiger partial charge in [-0.05, 0) is 76.6 Å². The van der Waals surface area contributed by atoms with Crippen LogP contribution in [0.25, 0.3) is 0 Å². The van der Waals surface area contributed by atoms with Crippen molar-refractivity contribution in [2.45, 2.75) is 85.0 Å². The van der Waals surface area contributed by atoms with Gasteiger partial charge in [-0.3, -0.25) is 4.79 Å². The number of anilines is 1. The van der Waals surface area contributed by atoms with Crippen molar-refractivity contribution in [3.63, 3.8) is 0 Å². The number of piperidine rings is 1. The lowest BCUT2D eigenvalue weighted by Gasteiger charge is -2.34. The molecule has 0 bridgehead atoms. The van der Waals surface area contributed by atoms with Crippen molar-refractivity contribution in [3.8, 4) is 5.75 Å². The van der Waals surface area contributed by atoms with Gasteiger partial charge in [0.25, 0.3) is 0 Å². The second-order valence-corrected chi connectivity index (χ2v) is 11.5. The highest BCUT2D eigenvalue weighted by Gasteiger charge is 2.35. The third-order valence-electron chi connectivity index (χ3n) is 6.35. The van der Waals surface area contributed by atoms with Gasteiger partial charge in [0, 0.05) is 31.4 Å². The Kier molecular flexibility index (Phi) is 8.70. The van der Waals surface area contributed by atoms with Crippen molar-refractivity contribution in [2.75, 3.05) is 18.0 Å². The second-order valence-electron chi connectivity index (χ2n) is 11.5. The first-order chi connectivity index (χ1) is 16.8. The summed E-state index contributed by atoms with van der Waals surface area (Å²) in [4.78, 5) is 27.8. The molecule has 0 aromatic heterocycles. The van der Waals surface area contributed by atoms with Crippen LogP contribution < -0.4 is 15.0 Å². The summed E-state index contributed by atoms with van der Waals surface area (Å²) in [5.41, 5.74) is 1.69. The van der Waals surface area contributed by atoms with Crippen LogP contribution in [-0.2, 0) is 20.9 Å². The Morgan fingerprint density at radius 3 is 2.39 bits per heavy atom. The summed E-state index contributed by atoms with van der Waals surface area (Å²) in [7, 11) is 0. The third-order valence-corrected chi connectivity index (χ3v) is 6.35. The molecule has 36 heavy (non-hydrogen) atoms. The summed E-state index contributed by atoms with van der Waals surface area (Å²) < 4.78 is 11.6. The first kappa shape index (κ1) is 27.6. The lowest BCUT2D eigenvalue weighted by atomic mass is 9.96. The van der Waals surface area contributed by atoms with Gasteiger partial charge < -0.3 is 19.7 Å². The van der Waals surface area contributed by atoms with Gasteiger partial charge in [-0.2, -0.15) is 0 Å². The Balaban J connectivity index is 1.59. The van der Waals surface area contributed by atoms with Gasteiger partial charge in [-0.15, -0.1) is 0 Å². The summed E-state index contributed by atoms with van der Waals surface area (Å²) in [6.45, 7) is 15.4. The van der Waals surface area contributed by atoms with E-state index in [0.29, 0.717) is 24.8 Å². The van der Waals surface area contributed by atoms with Crippen LogP contribution in [0, 0.1) is 5.92 Å². The fraction of sp³-hybridized carbons (Fsp3) is 0.533. The van der Waals surface area contributed by atoms with Gasteiger partial charge in [0.05, 0.1) is 5.92 Å². The number of amides is 1. The molecule has 1 heterocycles. The molecule has 196 valence electrons. The van der Waals surface area contributed by atoms with Gasteiger partial charge in [-0.25, -0.2) is 4.79 Å². The van der Waals surface area contributed by atoms with Gasteiger partial charge in [0.2, 0.25) is 5.91 Å². The van der Waals surface area contributed by atoms with E-state index in [1.54, 1.807) is 13.8 Å². The summed E-state index contributed by atoms with van der Waals surface area (Å²) in [6, 6.07) is 16.2. The van der Waals surface area contributed by atoms with E-state index < -0.39 is 17.2 Å². The van der Waals surface area contributed by atoms with Crippen LogP contribution in [0.15, 0.2) is 48.5 Å². The number of nitrogens with one attached hydrogen (secondary N) is 1. The van der Waals surface area contributed by atoms with Crippen molar-refractivity contribution in [3.05, 3.63) is 59.7 Å². The van der Waals surface area contributed by atoms with E-state index in [0.717, 1.165) is 30.6 Å². The molecule has 0 radical (unpaired) electrons. The van der Waals surface area contributed by atoms with Gasteiger partial charge in [0.15, 0.2) is 5.60 Å². The van der Waals surface area contributed by atoms with E-state index in [1.807, 2.05) is 45.0 Å². The van der Waals surface area contributed by atoms with E-state index in [1.165, 1.54) is 5.56 Å². The standard InChI is InChI=1S/C30H42N2O4/c1-21(2)23-15-13-22(14-16-23)19-31-27(33)24-10-9-17-32(20-24)25-11-8-12-26(18-25)35-30(6,7)28(34)36-29(3,4)5/h8,11-16,18,21,24H,9-10,17,19-20H2,1-7H3,(H,31,33)/t24-/m1/s1. The van der Waals surface area contributed by atoms with Crippen LogP contribution in [0.2, 0.25) is 0 Å². The summed E-state index contributed by atoms with van der Waals surface area (Å²) in [5.74, 6) is 0.699. The van der Waals surface area contributed by atoms with Crippen molar-refractivity contribution in [1.29, 1.82) is 0 Å². The highest BCUT2D eigenvalue weighted by Crippen LogP contribution is 2.29. The topological polar surface area (TPSA) is 67.9 Å². The molecule has 2 aromatic carbocycles. The number of nitrogens with zero attached hydrogens (tertiary/aromatic N) is 1. The number of carbonyl (C=O) groups is 2. The molecule has 6 nitrogen and oxygen atoms in total. The molecule has 1 fully saturated rings. The predicted molar refractivity (Wildman–Crippen MR) is 144 cm³/mol. The maximum Gasteiger partial charge on any atom is 0.350 e. The Labute approximate surface area is 216 Å². The number of ether oxygens (including phenoxy) is 2. The number of hydrogen-bond donors (Lipinski definition) is 1. The molecule has 6 heteroatoms. The summed E-state index contributed by atoms with van der Waals surface area (Å²) >= 11 is 0. The fourth-order valence-electron chi connectivity index (χ4n) is 4.26. The minimum atomic E-state index is -1.12. The van der Waals surface area contributed by atoms with Gasteiger partial charge >= 0.3 is 5.97 Å². The molecule has 0 unspecified atom stereocenters. The number of benzene rings is 2. The lowest BCUT2D eigenvalue weighted by Crippen LogP contribution is -2.43. The normalized spacial score (nSPS) is 16.6. The minimum Gasteiger partial charge on any atom is -0.476 e. The summed E-state index contributed by atoms with van der Waals surface area (Å²) in [5, 5.41) is 3.12. The van der Waals surface area contributed by atoms with Crippen molar-refractivity contribution in [2.24, 2.45) is 5.92 Å². The van der Waals surface area contributed by atoms with E-state index >= 15 is 0 Å². The molecule has 1 aliphatic rings. The Morgan fingerprint density at radius 1 is 1.06 bits per heavy atom. The van der Waals surface area contributed by atoms with Crippen LogP contribution in [0.4, 0.5) is 5.69 Å². The van der Waals surface area contributed by atoms with E-state index in [4.69, 9.17) is 9.47 Å². The minimum absolute atomic E-state index is 0.0727. The fourth-order valence-corrected chi connectivity index (χ4v) is 4.26. The quantitative estimate of drug-likeness (QED) is 0.467. The molecule has 1 aliphatic heterocycles. The molecule has 1 saturated heterocycles. The molecular formula is C30H42N2O4. The Morgan fingerprint density at radius 2 is 1.75 bits per heavy atom. The van der Waals surface area contributed by atoms with Gasteiger partial charge in [-0.1, -0.05) is 44.2 Å². The van der Waals surface area contributed by atoms with E-state index in [9.17, 15) is 9.59 Å². The zero-order valence-electron chi connectivity index (χ0n) is 22.9. The van der Waals surface area contributed by atoms with Crippen molar-refractivity contribution >= 4 is 17.6 Å². The Hall–Kier alpha value is -3.02. The molecular weight excluding hydrogens is 452 g/mol. The number of hydrogen-bond acceptors (Lipinski definition) is 5. The third kappa shape index (κ3) is 7.74. The van der Waals surface area contributed by atoms with Crippen LogP contribution in [0.5, 0.6) is 5.75 Å². The molecule has 1 atom stereocenters. The molecule has 0 spiro atoms. The maximum atomic E-state index is 13.0. The summed E-state index contributed by atoms with van der Waals surface area (Å²) in [6.07, 6.45) is 1.81. The highest BCUT2D eigenvalue weighted by molar-refractivity contribution is 5.80. The average Bonchev–Trinajstić information content (AvgIpc) is 2.81. The second kappa shape index (κ2) is 11.4. The molecule has 2 aromatic rings. The SMILES string of the molecule is CC(C)c1ccc(CNC(=O)[C@@H]2CCCN(c3cccc(OC(C)(C)C(=O)OC(C)(C)C)c3)C2)cc1. The zero-order chi connectivity index (χ0) is 26.5. The van der Waals surface area contributed by atoms with Gasteiger partial charge in [0.1, 0.15) is 11.4 Å². The van der Waals surface area contributed by atoms with Crippen LogP contribution in [0.3, 0.4) is 0 Å². The Bertz CT molecular complexity index is 1040. The number of carbonyl (C=O) groups excluding carboxylic acids is 2. The van der Waals surface area contributed by atoms with Crippen molar-refractivity contribution < 1.29 is 19.1 Å². The van der Waals surface area contributed by atoms with E-state index in [-0.39, 0.29) is 11.8 Å². The molecule has 1 N–H and O–H groups in total. The van der Waals surface area contributed by atoms with Crippen LogP contribution in [0.1, 0.15) is 78.4 Å². The predicted octanol–water partition coefficient (Wildman–Crippen LogP) is 5.84. The van der Waals surface area contributed by atoms with Crippen LogP contribution >= 0.6 is 0 Å². The first-order valence-corrected chi connectivity index (χ1v) is 13.0. The smallest absolute Gasteiger partial charge is 0.350 e. The molecule has 0 saturated carbocycles. The molecule has 1 amide bonds. The van der Waals surface area contributed by atoms with Crippen molar-refractivity contribution in [1.82, 2.24) is 5.32 Å².